The van der Waals surface area contributed by atoms with Crippen molar-refractivity contribution in [2.45, 2.75) is 19.4 Å². The molecule has 2 aromatic rings. The maximum Gasteiger partial charge on any atom is 0.224 e. The number of hydrogen-bond acceptors (Lipinski definition) is 8. The first-order chi connectivity index (χ1) is 11.6. The molecule has 0 aromatic carbocycles. The number of carboxylic acids is 1. The predicted octanol–water partition coefficient (Wildman–Crippen LogP) is 0.801. The van der Waals surface area contributed by atoms with Crippen LogP contribution >= 0.6 is 22.9 Å². The Bertz CT molecular complexity index is 718. The first kappa shape index (κ1) is 17.3. The molecule has 0 spiro atoms. The highest BCUT2D eigenvalue weighted by atomic mass is 35.5. The minimum Gasteiger partial charge on any atom is -0.550 e. The van der Waals surface area contributed by atoms with Crippen LogP contribution in [0.5, 0.6) is 0 Å². The van der Waals surface area contributed by atoms with Crippen LogP contribution in [-0.2, 0) is 16.1 Å². The van der Waals surface area contributed by atoms with E-state index in [4.69, 9.17) is 16.3 Å². The van der Waals surface area contributed by atoms with Gasteiger partial charge in [0.2, 0.25) is 5.28 Å². The van der Waals surface area contributed by atoms with Gasteiger partial charge in [-0.25, -0.2) is 4.98 Å². The van der Waals surface area contributed by atoms with Gasteiger partial charge >= 0.3 is 0 Å². The summed E-state index contributed by atoms with van der Waals surface area (Å²) in [6, 6.07) is 2.00. The summed E-state index contributed by atoms with van der Waals surface area (Å²) in [5.74, 6) is -0.153. The standard InChI is InChI=1S/C15H19ClN4O3S/c16-15-18-11-8-10(9-17-3-1-2-12(21)22)24-13(11)14(19-15)20-4-6-23-7-5-20/h8,17H,1-7,9H2,(H,21,22)/p-1. The highest BCUT2D eigenvalue weighted by Gasteiger charge is 2.19. The number of nitrogens with zero attached hydrogens (tertiary/aromatic N) is 3. The van der Waals surface area contributed by atoms with E-state index in [2.05, 4.69) is 20.2 Å². The average molecular weight is 370 g/mol. The molecule has 3 rings (SSSR count). The lowest BCUT2D eigenvalue weighted by Gasteiger charge is -2.28. The number of thiophene rings is 1. The van der Waals surface area contributed by atoms with Gasteiger partial charge in [-0.1, -0.05) is 0 Å². The number of anilines is 1. The molecule has 7 nitrogen and oxygen atoms in total. The van der Waals surface area contributed by atoms with Crippen LogP contribution in [0.25, 0.3) is 10.2 Å². The molecule has 1 aliphatic rings. The highest BCUT2D eigenvalue weighted by molar-refractivity contribution is 7.19. The van der Waals surface area contributed by atoms with Crippen LogP contribution in [0, 0.1) is 0 Å². The Morgan fingerprint density at radius 1 is 1.42 bits per heavy atom. The van der Waals surface area contributed by atoms with Crippen molar-refractivity contribution in [3.63, 3.8) is 0 Å². The maximum absolute atomic E-state index is 10.4. The molecular weight excluding hydrogens is 352 g/mol. The maximum atomic E-state index is 10.4. The lowest BCUT2D eigenvalue weighted by molar-refractivity contribution is -0.305. The van der Waals surface area contributed by atoms with E-state index >= 15 is 0 Å². The number of hydrogen-bond donors (Lipinski definition) is 1. The molecule has 130 valence electrons. The van der Waals surface area contributed by atoms with E-state index < -0.39 is 5.97 Å². The molecule has 1 aliphatic heterocycles. The molecule has 0 aliphatic carbocycles. The second-order valence-corrected chi connectivity index (χ2v) is 6.97. The number of rotatable bonds is 7. The zero-order valence-electron chi connectivity index (χ0n) is 13.1. The first-order valence-electron chi connectivity index (χ1n) is 7.82. The lowest BCUT2D eigenvalue weighted by atomic mass is 10.3. The Morgan fingerprint density at radius 3 is 2.96 bits per heavy atom. The van der Waals surface area contributed by atoms with Gasteiger partial charge in [0.15, 0.2) is 5.82 Å². The summed E-state index contributed by atoms with van der Waals surface area (Å²) in [7, 11) is 0. The van der Waals surface area contributed by atoms with Gasteiger partial charge in [0.05, 0.1) is 23.4 Å². The smallest absolute Gasteiger partial charge is 0.224 e. The Kier molecular flexibility index (Phi) is 5.83. The molecule has 0 amide bonds. The number of aliphatic carboxylic acids is 1. The van der Waals surface area contributed by atoms with E-state index in [0.29, 0.717) is 32.7 Å². The third-order valence-electron chi connectivity index (χ3n) is 3.72. The van der Waals surface area contributed by atoms with Crippen LogP contribution in [0.1, 0.15) is 17.7 Å². The molecule has 0 unspecified atom stereocenters. The molecule has 0 bridgehead atoms. The lowest BCUT2D eigenvalue weighted by Crippen LogP contribution is -2.36. The van der Waals surface area contributed by atoms with Crippen LogP contribution in [0.15, 0.2) is 6.07 Å². The van der Waals surface area contributed by atoms with Gasteiger partial charge in [0.1, 0.15) is 0 Å². The normalized spacial score (nSPS) is 15.1. The number of nitrogens with one attached hydrogen (secondary N) is 1. The third kappa shape index (κ3) is 4.32. The number of aromatic nitrogens is 2. The van der Waals surface area contributed by atoms with Crippen LogP contribution in [0.3, 0.4) is 0 Å². The second-order valence-electron chi connectivity index (χ2n) is 5.50. The number of fused-ring (bicyclic) bond motifs is 1. The summed E-state index contributed by atoms with van der Waals surface area (Å²) < 4.78 is 6.41. The van der Waals surface area contributed by atoms with Gasteiger partial charge in [0, 0.05) is 30.5 Å². The van der Waals surface area contributed by atoms with Crippen LogP contribution in [-0.4, -0.2) is 48.8 Å². The first-order valence-corrected chi connectivity index (χ1v) is 9.02. The van der Waals surface area contributed by atoms with Crippen molar-refractivity contribution in [2.24, 2.45) is 0 Å². The molecule has 0 radical (unpaired) electrons. The van der Waals surface area contributed by atoms with Gasteiger partial charge in [-0.15, -0.1) is 11.3 Å². The summed E-state index contributed by atoms with van der Waals surface area (Å²) in [5, 5.41) is 13.9. The van der Waals surface area contributed by atoms with Crippen LogP contribution < -0.4 is 15.3 Å². The summed E-state index contributed by atoms with van der Waals surface area (Å²) in [4.78, 5) is 22.4. The fraction of sp³-hybridized carbons (Fsp3) is 0.533. The number of carboxylic acid groups (broad SMARTS) is 1. The molecule has 0 atom stereocenters. The minimum absolute atomic E-state index is 0.0711. The summed E-state index contributed by atoms with van der Waals surface area (Å²) in [6.45, 7) is 4.23. The SMILES string of the molecule is O=C([O-])CCCNCc1cc2nc(Cl)nc(N3CCOCC3)c2s1. The number of ether oxygens (including phenoxy) is 1. The Morgan fingerprint density at radius 2 is 2.21 bits per heavy atom. The van der Waals surface area contributed by atoms with Gasteiger partial charge < -0.3 is 24.9 Å². The number of halogens is 1. The fourth-order valence-corrected chi connectivity index (χ4v) is 3.84. The number of carbonyl (C=O) groups is 1. The quantitative estimate of drug-likeness (QED) is 0.570. The zero-order chi connectivity index (χ0) is 16.9. The Hall–Kier alpha value is -1.48. The van der Waals surface area contributed by atoms with E-state index in [1.165, 1.54) is 0 Å². The minimum atomic E-state index is -1.02. The van der Waals surface area contributed by atoms with Gasteiger partial charge in [-0.2, -0.15) is 4.98 Å². The zero-order valence-corrected chi connectivity index (χ0v) is 14.7. The van der Waals surface area contributed by atoms with Crippen molar-refractivity contribution in [3.8, 4) is 0 Å². The molecule has 2 aromatic heterocycles. The van der Waals surface area contributed by atoms with Crippen molar-refractivity contribution in [2.75, 3.05) is 37.7 Å². The van der Waals surface area contributed by atoms with Crippen molar-refractivity contribution in [3.05, 3.63) is 16.2 Å². The molecule has 0 saturated carbocycles. The highest BCUT2D eigenvalue weighted by Crippen LogP contribution is 2.33. The van der Waals surface area contributed by atoms with Crippen LogP contribution in [0.2, 0.25) is 5.28 Å². The van der Waals surface area contributed by atoms with Crippen molar-refractivity contribution in [1.82, 2.24) is 15.3 Å². The van der Waals surface area contributed by atoms with E-state index in [1.54, 1.807) is 11.3 Å². The van der Waals surface area contributed by atoms with Gasteiger partial charge in [-0.3, -0.25) is 0 Å². The number of morpholine rings is 1. The molecule has 1 N–H and O–H groups in total. The molecule has 1 saturated heterocycles. The van der Waals surface area contributed by atoms with Crippen molar-refractivity contribution < 1.29 is 14.6 Å². The average Bonchev–Trinajstić information content (AvgIpc) is 2.97. The molecule has 3 heterocycles. The number of carbonyl (C=O) groups excluding carboxylic acids is 1. The van der Waals surface area contributed by atoms with Crippen LogP contribution in [0.4, 0.5) is 5.82 Å². The van der Waals surface area contributed by atoms with E-state index in [1.807, 2.05) is 6.07 Å². The Balaban J connectivity index is 1.71. The summed E-state index contributed by atoms with van der Waals surface area (Å²) >= 11 is 7.71. The van der Waals surface area contributed by atoms with Gasteiger partial charge in [0.25, 0.3) is 0 Å². The molecule has 1 fully saturated rings. The Labute approximate surface area is 148 Å². The third-order valence-corrected chi connectivity index (χ3v) is 5.01. The molecule has 9 heteroatoms. The van der Waals surface area contributed by atoms with Crippen molar-refractivity contribution >= 4 is 44.9 Å². The summed E-state index contributed by atoms with van der Waals surface area (Å²) in [5.41, 5.74) is 0.841. The molecule has 24 heavy (non-hydrogen) atoms. The topological polar surface area (TPSA) is 90.4 Å². The second kappa shape index (κ2) is 8.06. The monoisotopic (exact) mass is 369 g/mol. The van der Waals surface area contributed by atoms with E-state index in [9.17, 15) is 9.90 Å². The predicted molar refractivity (Wildman–Crippen MR) is 91.4 cm³/mol. The largest absolute Gasteiger partial charge is 0.550 e. The molecular formula is C15H18ClN4O3S-. The van der Waals surface area contributed by atoms with E-state index in [-0.39, 0.29) is 11.7 Å². The fourth-order valence-electron chi connectivity index (χ4n) is 2.58. The summed E-state index contributed by atoms with van der Waals surface area (Å²) in [6.07, 6.45) is 0.625. The van der Waals surface area contributed by atoms with Gasteiger partial charge in [-0.05, 0) is 37.1 Å². The van der Waals surface area contributed by atoms with Crippen molar-refractivity contribution in [1.29, 1.82) is 0 Å². The van der Waals surface area contributed by atoms with E-state index in [0.717, 1.165) is 34.0 Å².